The average molecular weight is 299 g/mol. The van der Waals surface area contributed by atoms with Gasteiger partial charge in [0.05, 0.1) is 26.2 Å². The largest absolute Gasteiger partial charge is 0.324 e. The van der Waals surface area contributed by atoms with Gasteiger partial charge in [-0.1, -0.05) is 38.5 Å². The third-order valence-electron chi connectivity index (χ3n) is 5.17. The summed E-state index contributed by atoms with van der Waals surface area (Å²) in [5, 5.41) is 0. The highest BCUT2D eigenvalue weighted by molar-refractivity contribution is 5.75. The molecule has 0 aromatic heterocycles. The lowest BCUT2D eigenvalue weighted by Crippen LogP contribution is -2.48. The fourth-order valence-corrected chi connectivity index (χ4v) is 3.20. The maximum Gasteiger partial charge on any atom is 0.129 e. The van der Waals surface area contributed by atoms with Crippen molar-refractivity contribution in [1.29, 1.82) is 0 Å². The van der Waals surface area contributed by atoms with Gasteiger partial charge in [-0.2, -0.15) is 0 Å². The summed E-state index contributed by atoms with van der Waals surface area (Å²) < 4.78 is 1.30. The minimum atomic E-state index is 0.343. The van der Waals surface area contributed by atoms with Crippen molar-refractivity contribution in [2.24, 2.45) is 0 Å². The van der Waals surface area contributed by atoms with E-state index in [1.807, 2.05) is 0 Å². The number of rotatable bonds is 15. The van der Waals surface area contributed by atoms with Crippen LogP contribution in [0.15, 0.2) is 0 Å². The summed E-state index contributed by atoms with van der Waals surface area (Å²) in [7, 11) is 0. The number of quaternary nitrogens is 1. The number of hydrogen-bond donors (Lipinski definition) is 0. The minimum Gasteiger partial charge on any atom is -0.324 e. The molecule has 21 heavy (non-hydrogen) atoms. The third-order valence-corrected chi connectivity index (χ3v) is 5.17. The van der Waals surface area contributed by atoms with Crippen molar-refractivity contribution in [1.82, 2.24) is 0 Å². The molecule has 0 radical (unpaired) electrons. The molecule has 2 heteroatoms. The van der Waals surface area contributed by atoms with Crippen LogP contribution >= 0.6 is 0 Å². The molecule has 0 rings (SSSR count). The van der Waals surface area contributed by atoms with E-state index in [0.717, 1.165) is 12.8 Å². The molecular weight excluding hydrogens is 258 g/mol. The Balaban J connectivity index is 3.34. The van der Waals surface area contributed by atoms with E-state index in [1.54, 1.807) is 6.92 Å². The molecule has 0 unspecified atom stereocenters. The summed E-state index contributed by atoms with van der Waals surface area (Å²) in [5.41, 5.74) is 0. The molecule has 0 N–H and O–H groups in total. The van der Waals surface area contributed by atoms with Gasteiger partial charge in [0.2, 0.25) is 0 Å². The molecule has 0 aliphatic carbocycles. The van der Waals surface area contributed by atoms with Crippen LogP contribution in [-0.4, -0.2) is 36.4 Å². The molecule has 0 saturated carbocycles. The molecule has 0 aromatic rings. The van der Waals surface area contributed by atoms with Gasteiger partial charge in [-0.3, -0.25) is 0 Å². The van der Waals surface area contributed by atoms with Crippen molar-refractivity contribution in [2.75, 3.05) is 26.2 Å². The number of hydrogen-bond acceptors (Lipinski definition) is 1. The van der Waals surface area contributed by atoms with E-state index >= 15 is 0 Å². The van der Waals surface area contributed by atoms with E-state index in [1.165, 1.54) is 82.0 Å². The molecule has 2 nitrogen and oxygen atoms in total. The molecule has 0 atom stereocenters. The van der Waals surface area contributed by atoms with Gasteiger partial charge in [0.25, 0.3) is 0 Å². The molecule has 0 amide bonds. The Kier molecular flexibility index (Phi) is 13.1. The monoisotopic (exact) mass is 298 g/mol. The van der Waals surface area contributed by atoms with E-state index in [2.05, 4.69) is 20.8 Å². The molecule has 0 heterocycles. The molecule has 0 saturated heterocycles. The maximum atomic E-state index is 10.8. The molecule has 0 fully saturated rings. The average Bonchev–Trinajstić information content (AvgIpc) is 2.49. The van der Waals surface area contributed by atoms with Gasteiger partial charge in [0.15, 0.2) is 0 Å². The van der Waals surface area contributed by atoms with Crippen molar-refractivity contribution < 1.29 is 9.28 Å². The zero-order valence-electron chi connectivity index (χ0n) is 15.3. The molecule has 0 aromatic carbocycles. The molecule has 0 aliphatic rings. The van der Waals surface area contributed by atoms with Crippen molar-refractivity contribution >= 4 is 5.78 Å². The maximum absolute atomic E-state index is 10.8. The molecule has 0 bridgehead atoms. The highest BCUT2D eigenvalue weighted by Gasteiger charge is 2.19. The zero-order chi connectivity index (χ0) is 16.0. The summed E-state index contributed by atoms with van der Waals surface area (Å²) in [6.07, 6.45) is 12.8. The third kappa shape index (κ3) is 10.9. The first-order chi connectivity index (χ1) is 10.1. The molecule has 126 valence electrons. The van der Waals surface area contributed by atoms with E-state index in [-0.39, 0.29) is 0 Å². The summed E-state index contributed by atoms with van der Waals surface area (Å²) in [4.78, 5) is 10.8. The van der Waals surface area contributed by atoms with Crippen LogP contribution in [0.1, 0.15) is 91.9 Å². The van der Waals surface area contributed by atoms with Crippen LogP contribution in [0.25, 0.3) is 0 Å². The Hall–Kier alpha value is -0.370. The van der Waals surface area contributed by atoms with Gasteiger partial charge in [0, 0.05) is 6.42 Å². The predicted octanol–water partition coefficient (Wildman–Crippen LogP) is 5.35. The highest BCUT2D eigenvalue weighted by Crippen LogP contribution is 2.13. The number of nitrogens with zero attached hydrogens (tertiary/aromatic N) is 1. The van der Waals surface area contributed by atoms with Gasteiger partial charge >= 0.3 is 0 Å². The number of carbonyl (C=O) groups is 1. The normalized spacial score (nSPS) is 11.8. The summed E-state index contributed by atoms with van der Waals surface area (Å²) >= 11 is 0. The Bertz CT molecular complexity index is 238. The van der Waals surface area contributed by atoms with Gasteiger partial charge in [-0.05, 0) is 47.0 Å². The Morgan fingerprint density at radius 2 is 1.05 bits per heavy atom. The van der Waals surface area contributed by atoms with E-state index in [4.69, 9.17) is 0 Å². The van der Waals surface area contributed by atoms with Crippen molar-refractivity contribution in [2.45, 2.75) is 91.9 Å². The van der Waals surface area contributed by atoms with Crippen LogP contribution < -0.4 is 0 Å². The molecule has 0 aliphatic heterocycles. The standard InChI is InChI=1S/C19H40NO/c1-5-20(6-2,7-3)18-16-14-12-10-8-9-11-13-15-17-19(4)21/h5-18H2,1-4H3/q+1. The second-order valence-corrected chi connectivity index (χ2v) is 6.65. The van der Waals surface area contributed by atoms with E-state index < -0.39 is 0 Å². The smallest absolute Gasteiger partial charge is 0.129 e. The topological polar surface area (TPSA) is 17.1 Å². The van der Waals surface area contributed by atoms with Gasteiger partial charge < -0.3 is 9.28 Å². The molecular formula is C19H40NO+. The van der Waals surface area contributed by atoms with Crippen molar-refractivity contribution in [3.8, 4) is 0 Å². The Morgan fingerprint density at radius 3 is 1.43 bits per heavy atom. The summed E-state index contributed by atoms with van der Waals surface area (Å²) in [6, 6.07) is 0. The Morgan fingerprint density at radius 1 is 0.667 bits per heavy atom. The van der Waals surface area contributed by atoms with Gasteiger partial charge in [-0.15, -0.1) is 0 Å². The number of carbonyl (C=O) groups excluding carboxylic acids is 1. The minimum absolute atomic E-state index is 0.343. The summed E-state index contributed by atoms with van der Waals surface area (Å²) in [6.45, 7) is 13.9. The molecule has 0 spiro atoms. The fourth-order valence-electron chi connectivity index (χ4n) is 3.20. The number of Topliss-reactive ketones (excluding diaryl/α,β-unsaturated/α-hetero) is 1. The zero-order valence-corrected chi connectivity index (χ0v) is 15.3. The lowest BCUT2D eigenvalue weighted by Gasteiger charge is -2.35. The SMILES string of the molecule is CC[N+](CC)(CC)CCCCCCCCCCCC(C)=O. The van der Waals surface area contributed by atoms with E-state index in [9.17, 15) is 4.79 Å². The second kappa shape index (κ2) is 13.3. The second-order valence-electron chi connectivity index (χ2n) is 6.65. The Labute approximate surface area is 133 Å². The van der Waals surface area contributed by atoms with Crippen LogP contribution in [0.5, 0.6) is 0 Å². The number of ketones is 1. The highest BCUT2D eigenvalue weighted by atomic mass is 16.1. The number of unbranched alkanes of at least 4 members (excludes halogenated alkanes) is 8. The van der Waals surface area contributed by atoms with Crippen LogP contribution in [0, 0.1) is 0 Å². The first-order valence-corrected chi connectivity index (χ1v) is 9.44. The van der Waals surface area contributed by atoms with Crippen molar-refractivity contribution in [3.63, 3.8) is 0 Å². The first-order valence-electron chi connectivity index (χ1n) is 9.44. The van der Waals surface area contributed by atoms with Crippen LogP contribution in [0.3, 0.4) is 0 Å². The lowest BCUT2D eigenvalue weighted by atomic mass is 10.1. The quantitative estimate of drug-likeness (QED) is 0.294. The predicted molar refractivity (Wildman–Crippen MR) is 93.6 cm³/mol. The van der Waals surface area contributed by atoms with Gasteiger partial charge in [-0.25, -0.2) is 0 Å². The first kappa shape index (κ1) is 20.6. The lowest BCUT2D eigenvalue weighted by molar-refractivity contribution is -0.923. The van der Waals surface area contributed by atoms with Crippen LogP contribution in [0.4, 0.5) is 0 Å². The van der Waals surface area contributed by atoms with Gasteiger partial charge in [0.1, 0.15) is 5.78 Å². The van der Waals surface area contributed by atoms with Crippen molar-refractivity contribution in [3.05, 3.63) is 0 Å². The fraction of sp³-hybridized carbons (Fsp3) is 0.947. The van der Waals surface area contributed by atoms with Crippen LogP contribution in [-0.2, 0) is 4.79 Å². The summed E-state index contributed by atoms with van der Waals surface area (Å²) in [5.74, 6) is 0.343. The van der Waals surface area contributed by atoms with E-state index in [0.29, 0.717) is 5.78 Å². The van der Waals surface area contributed by atoms with Crippen LogP contribution in [0.2, 0.25) is 0 Å².